The zero-order valence-electron chi connectivity index (χ0n) is 12.3. The molecule has 1 aromatic rings. The summed E-state index contributed by atoms with van der Waals surface area (Å²) in [6.07, 6.45) is 7.82. The molecular formula is C16H27N3. The van der Waals surface area contributed by atoms with Crippen LogP contribution in [0.4, 0.5) is 0 Å². The Morgan fingerprint density at radius 2 is 2.00 bits per heavy atom. The van der Waals surface area contributed by atoms with Gasteiger partial charge in [0.1, 0.15) is 0 Å². The molecule has 0 aromatic carbocycles. The lowest BCUT2D eigenvalue weighted by atomic mass is 9.91. The SMILES string of the molecule is CCn1cccc1CNCC1CC2CCC(C1)N2C. The number of hydrogen-bond donors (Lipinski definition) is 1. The Hall–Kier alpha value is -0.800. The number of hydrogen-bond acceptors (Lipinski definition) is 2. The monoisotopic (exact) mass is 261 g/mol. The van der Waals surface area contributed by atoms with E-state index >= 15 is 0 Å². The third-order valence-corrected chi connectivity index (χ3v) is 5.20. The third kappa shape index (κ3) is 2.72. The van der Waals surface area contributed by atoms with Crippen molar-refractivity contribution >= 4 is 0 Å². The van der Waals surface area contributed by atoms with Gasteiger partial charge in [-0.05, 0) is 64.3 Å². The number of nitrogens with one attached hydrogen (secondary N) is 1. The molecule has 3 nitrogen and oxygen atoms in total. The van der Waals surface area contributed by atoms with Crippen LogP contribution < -0.4 is 5.32 Å². The minimum Gasteiger partial charge on any atom is -0.351 e. The molecule has 0 amide bonds. The molecule has 2 atom stereocenters. The molecule has 0 radical (unpaired) electrons. The van der Waals surface area contributed by atoms with Crippen LogP contribution in [0.1, 0.15) is 38.3 Å². The molecule has 3 heteroatoms. The van der Waals surface area contributed by atoms with E-state index in [0.717, 1.165) is 31.1 Å². The molecule has 2 saturated heterocycles. The molecule has 2 bridgehead atoms. The van der Waals surface area contributed by atoms with Gasteiger partial charge in [0.15, 0.2) is 0 Å². The fourth-order valence-electron chi connectivity index (χ4n) is 4.01. The summed E-state index contributed by atoms with van der Waals surface area (Å²) < 4.78 is 2.32. The number of nitrogens with zero attached hydrogens (tertiary/aromatic N) is 2. The Morgan fingerprint density at radius 3 is 2.68 bits per heavy atom. The van der Waals surface area contributed by atoms with Crippen molar-refractivity contribution in [3.05, 3.63) is 24.0 Å². The van der Waals surface area contributed by atoms with Crippen LogP contribution in [0.25, 0.3) is 0 Å². The fraction of sp³-hybridized carbons (Fsp3) is 0.750. The highest BCUT2D eigenvalue weighted by Gasteiger charge is 2.37. The van der Waals surface area contributed by atoms with Crippen molar-refractivity contribution in [2.75, 3.05) is 13.6 Å². The van der Waals surface area contributed by atoms with Gasteiger partial charge in [-0.15, -0.1) is 0 Å². The van der Waals surface area contributed by atoms with Crippen molar-refractivity contribution < 1.29 is 0 Å². The lowest BCUT2D eigenvalue weighted by Gasteiger charge is -2.36. The Morgan fingerprint density at radius 1 is 1.26 bits per heavy atom. The van der Waals surface area contributed by atoms with Crippen molar-refractivity contribution in [2.24, 2.45) is 5.92 Å². The van der Waals surface area contributed by atoms with Crippen molar-refractivity contribution in [2.45, 2.75) is 57.8 Å². The Balaban J connectivity index is 1.46. The molecule has 0 saturated carbocycles. The van der Waals surface area contributed by atoms with E-state index in [4.69, 9.17) is 0 Å². The highest BCUT2D eigenvalue weighted by Crippen LogP contribution is 2.36. The first-order valence-electron chi connectivity index (χ1n) is 7.84. The molecule has 1 N–H and O–H groups in total. The van der Waals surface area contributed by atoms with E-state index in [1.165, 1.54) is 37.9 Å². The van der Waals surface area contributed by atoms with Gasteiger partial charge >= 0.3 is 0 Å². The lowest BCUT2D eigenvalue weighted by molar-refractivity contribution is 0.132. The van der Waals surface area contributed by atoms with Crippen LogP contribution in [0.3, 0.4) is 0 Å². The summed E-state index contributed by atoms with van der Waals surface area (Å²) in [6.45, 7) is 5.48. The number of rotatable bonds is 5. The van der Waals surface area contributed by atoms with Crippen molar-refractivity contribution in [1.82, 2.24) is 14.8 Å². The van der Waals surface area contributed by atoms with Gasteiger partial charge in [-0.25, -0.2) is 0 Å². The molecule has 0 spiro atoms. The first-order chi connectivity index (χ1) is 9.28. The van der Waals surface area contributed by atoms with Crippen LogP contribution in [0.15, 0.2) is 18.3 Å². The molecule has 2 fully saturated rings. The number of fused-ring (bicyclic) bond motifs is 2. The topological polar surface area (TPSA) is 20.2 Å². The summed E-state index contributed by atoms with van der Waals surface area (Å²) in [5.41, 5.74) is 1.42. The molecule has 1 aromatic heterocycles. The Bertz CT molecular complexity index is 398. The van der Waals surface area contributed by atoms with Crippen molar-refractivity contribution in [3.8, 4) is 0 Å². The van der Waals surface area contributed by atoms with E-state index in [2.05, 4.69) is 47.1 Å². The normalized spacial score (nSPS) is 30.9. The second-order valence-electron chi connectivity index (χ2n) is 6.30. The van der Waals surface area contributed by atoms with Crippen LogP contribution >= 0.6 is 0 Å². The molecular weight excluding hydrogens is 234 g/mol. The van der Waals surface area contributed by atoms with E-state index in [-0.39, 0.29) is 0 Å². The van der Waals surface area contributed by atoms with Gasteiger partial charge in [-0.1, -0.05) is 0 Å². The number of piperidine rings is 1. The van der Waals surface area contributed by atoms with Gasteiger partial charge < -0.3 is 14.8 Å². The van der Waals surface area contributed by atoms with Crippen LogP contribution in [0.5, 0.6) is 0 Å². The number of aryl methyl sites for hydroxylation is 1. The van der Waals surface area contributed by atoms with Gasteiger partial charge in [0, 0.05) is 37.1 Å². The van der Waals surface area contributed by atoms with Crippen molar-refractivity contribution in [1.29, 1.82) is 0 Å². The van der Waals surface area contributed by atoms with Crippen LogP contribution in [-0.4, -0.2) is 35.1 Å². The van der Waals surface area contributed by atoms with Gasteiger partial charge in [-0.2, -0.15) is 0 Å². The summed E-state index contributed by atoms with van der Waals surface area (Å²) >= 11 is 0. The second-order valence-corrected chi connectivity index (χ2v) is 6.30. The van der Waals surface area contributed by atoms with E-state index in [1.807, 2.05) is 0 Å². The van der Waals surface area contributed by atoms with Crippen LogP contribution in [0.2, 0.25) is 0 Å². The quantitative estimate of drug-likeness (QED) is 0.878. The average molecular weight is 261 g/mol. The van der Waals surface area contributed by atoms with E-state index in [0.29, 0.717) is 0 Å². The van der Waals surface area contributed by atoms with Crippen LogP contribution in [0, 0.1) is 5.92 Å². The fourth-order valence-corrected chi connectivity index (χ4v) is 4.01. The summed E-state index contributed by atoms with van der Waals surface area (Å²) in [6, 6.07) is 6.11. The molecule has 2 unspecified atom stereocenters. The lowest BCUT2D eigenvalue weighted by Crippen LogP contribution is -2.42. The zero-order valence-corrected chi connectivity index (χ0v) is 12.3. The Kier molecular flexibility index (Phi) is 3.94. The largest absolute Gasteiger partial charge is 0.351 e. The molecule has 2 aliphatic rings. The molecule has 19 heavy (non-hydrogen) atoms. The Labute approximate surface area is 117 Å². The van der Waals surface area contributed by atoms with E-state index < -0.39 is 0 Å². The summed E-state index contributed by atoms with van der Waals surface area (Å²) in [5, 5.41) is 3.68. The predicted molar refractivity (Wildman–Crippen MR) is 79.1 cm³/mol. The second kappa shape index (κ2) is 5.68. The maximum absolute atomic E-state index is 3.68. The van der Waals surface area contributed by atoms with E-state index in [9.17, 15) is 0 Å². The highest BCUT2D eigenvalue weighted by molar-refractivity contribution is 5.06. The summed E-state index contributed by atoms with van der Waals surface area (Å²) in [5.74, 6) is 0.888. The van der Waals surface area contributed by atoms with Gasteiger partial charge in [0.2, 0.25) is 0 Å². The minimum absolute atomic E-state index is 0.866. The van der Waals surface area contributed by atoms with E-state index in [1.54, 1.807) is 0 Å². The number of aromatic nitrogens is 1. The molecule has 3 heterocycles. The van der Waals surface area contributed by atoms with Gasteiger partial charge in [-0.3, -0.25) is 0 Å². The standard InChI is InChI=1S/C16H27N3/c1-3-19-8-4-5-16(19)12-17-11-13-9-14-6-7-15(10-13)18(14)2/h4-5,8,13-15,17H,3,6-7,9-12H2,1-2H3. The minimum atomic E-state index is 0.866. The van der Waals surface area contributed by atoms with Gasteiger partial charge in [0.25, 0.3) is 0 Å². The third-order valence-electron chi connectivity index (χ3n) is 5.20. The zero-order chi connectivity index (χ0) is 13.2. The molecule has 0 aliphatic carbocycles. The van der Waals surface area contributed by atoms with Gasteiger partial charge in [0.05, 0.1) is 0 Å². The first kappa shape index (κ1) is 13.2. The molecule has 106 valence electrons. The highest BCUT2D eigenvalue weighted by atomic mass is 15.2. The maximum atomic E-state index is 3.68. The van der Waals surface area contributed by atoms with Crippen LogP contribution in [-0.2, 0) is 13.1 Å². The molecule has 3 rings (SSSR count). The van der Waals surface area contributed by atoms with Crippen molar-refractivity contribution in [3.63, 3.8) is 0 Å². The summed E-state index contributed by atoms with van der Waals surface area (Å²) in [7, 11) is 2.32. The molecule has 2 aliphatic heterocycles. The summed E-state index contributed by atoms with van der Waals surface area (Å²) in [4.78, 5) is 2.62. The first-order valence-corrected chi connectivity index (χ1v) is 7.84. The predicted octanol–water partition coefficient (Wildman–Crippen LogP) is 2.47. The smallest absolute Gasteiger partial charge is 0.0359 e. The maximum Gasteiger partial charge on any atom is 0.0359 e. The average Bonchev–Trinajstić information content (AvgIpc) is 2.92.